The molecule has 110 valence electrons. The number of aromatic nitrogens is 2. The summed E-state index contributed by atoms with van der Waals surface area (Å²) in [6.45, 7) is 7.24. The van der Waals surface area contributed by atoms with Gasteiger partial charge < -0.3 is 10.5 Å². The van der Waals surface area contributed by atoms with E-state index in [0.29, 0.717) is 0 Å². The third-order valence-electron chi connectivity index (χ3n) is 3.48. The van der Waals surface area contributed by atoms with Gasteiger partial charge in [-0.2, -0.15) is 5.10 Å². The lowest BCUT2D eigenvalue weighted by atomic mass is 10.0. The van der Waals surface area contributed by atoms with Crippen LogP contribution in [-0.2, 0) is 24.1 Å². The highest BCUT2D eigenvalue weighted by Crippen LogP contribution is 2.24. The largest absolute Gasteiger partial charge is 0.380 e. The molecule has 2 atom stereocenters. The van der Waals surface area contributed by atoms with Gasteiger partial charge in [-0.3, -0.25) is 4.68 Å². The normalized spacial score (nSPS) is 14.6. The Kier molecular flexibility index (Phi) is 7.04. The third kappa shape index (κ3) is 4.04. The van der Waals surface area contributed by atoms with E-state index in [1.807, 2.05) is 4.68 Å². The van der Waals surface area contributed by atoms with Crippen LogP contribution in [-0.4, -0.2) is 29.0 Å². The minimum absolute atomic E-state index is 0.00737. The maximum Gasteiger partial charge on any atom is 0.0766 e. The van der Waals surface area contributed by atoms with Gasteiger partial charge >= 0.3 is 0 Å². The molecule has 0 fully saturated rings. The lowest BCUT2D eigenvalue weighted by molar-refractivity contribution is 0.0720. The molecule has 0 saturated heterocycles. The number of rotatable bonds is 8. The molecule has 0 spiro atoms. The molecule has 0 aliphatic heterocycles. The molecule has 5 heteroatoms. The Morgan fingerprint density at radius 1 is 1.37 bits per heavy atom. The number of methoxy groups -OCH3 is 1. The maximum atomic E-state index is 6.30. The highest BCUT2D eigenvalue weighted by Gasteiger charge is 2.22. The van der Waals surface area contributed by atoms with E-state index in [0.717, 1.165) is 42.4 Å². The molecule has 1 heterocycles. The van der Waals surface area contributed by atoms with E-state index in [1.54, 1.807) is 7.11 Å². The van der Waals surface area contributed by atoms with Crippen molar-refractivity contribution in [3.63, 3.8) is 0 Å². The molecule has 0 aromatic carbocycles. The number of halogens is 1. The van der Waals surface area contributed by atoms with Crippen molar-refractivity contribution in [3.8, 4) is 0 Å². The van der Waals surface area contributed by atoms with E-state index in [1.165, 1.54) is 5.69 Å². The van der Waals surface area contributed by atoms with Crippen molar-refractivity contribution in [2.75, 3.05) is 7.11 Å². The summed E-state index contributed by atoms with van der Waals surface area (Å²) in [6, 6.07) is 0.00737. The number of hydrogen-bond donors (Lipinski definition) is 1. The fraction of sp³-hybridized carbons (Fsp3) is 0.786. The predicted octanol–water partition coefficient (Wildman–Crippen LogP) is 2.91. The highest BCUT2D eigenvalue weighted by atomic mass is 79.9. The van der Waals surface area contributed by atoms with Crippen LogP contribution in [0.3, 0.4) is 0 Å². The Labute approximate surface area is 124 Å². The molecule has 2 N–H and O–H groups in total. The van der Waals surface area contributed by atoms with Gasteiger partial charge in [-0.1, -0.05) is 20.3 Å². The zero-order chi connectivity index (χ0) is 14.4. The molecule has 1 rings (SSSR count). The van der Waals surface area contributed by atoms with E-state index in [-0.39, 0.29) is 12.1 Å². The van der Waals surface area contributed by atoms with Gasteiger partial charge in [-0.05, 0) is 35.7 Å². The SMILES string of the molecule is CCCC(OC)C(N)Cc1c(Br)c(CC)nn1CC. The fourth-order valence-corrected chi connectivity index (χ4v) is 3.08. The summed E-state index contributed by atoms with van der Waals surface area (Å²) in [6.07, 6.45) is 3.91. The molecule has 4 nitrogen and oxygen atoms in total. The van der Waals surface area contributed by atoms with E-state index in [4.69, 9.17) is 10.5 Å². The van der Waals surface area contributed by atoms with Crippen molar-refractivity contribution in [1.82, 2.24) is 9.78 Å². The summed E-state index contributed by atoms with van der Waals surface area (Å²) in [5.74, 6) is 0. The number of nitrogens with zero attached hydrogens (tertiary/aromatic N) is 2. The highest BCUT2D eigenvalue weighted by molar-refractivity contribution is 9.10. The lowest BCUT2D eigenvalue weighted by Gasteiger charge is -2.22. The van der Waals surface area contributed by atoms with Gasteiger partial charge in [-0.25, -0.2) is 0 Å². The molecule has 0 aliphatic carbocycles. The van der Waals surface area contributed by atoms with Crippen LogP contribution in [0.5, 0.6) is 0 Å². The summed E-state index contributed by atoms with van der Waals surface area (Å²) in [5, 5.41) is 4.60. The Bertz CT molecular complexity index is 392. The maximum absolute atomic E-state index is 6.30. The number of hydrogen-bond acceptors (Lipinski definition) is 3. The van der Waals surface area contributed by atoms with Crippen molar-refractivity contribution >= 4 is 15.9 Å². The second-order valence-electron chi connectivity index (χ2n) is 4.81. The first-order valence-electron chi connectivity index (χ1n) is 7.11. The summed E-state index contributed by atoms with van der Waals surface area (Å²) in [7, 11) is 1.74. The minimum atomic E-state index is 0.00737. The summed E-state index contributed by atoms with van der Waals surface area (Å²) < 4.78 is 8.65. The van der Waals surface area contributed by atoms with Crippen molar-refractivity contribution in [2.45, 2.75) is 65.1 Å². The van der Waals surface area contributed by atoms with Crippen LogP contribution in [0, 0.1) is 0 Å². The Hall–Kier alpha value is -0.390. The van der Waals surface area contributed by atoms with Crippen LogP contribution >= 0.6 is 15.9 Å². The number of nitrogens with two attached hydrogens (primary N) is 1. The average molecular weight is 332 g/mol. The monoisotopic (exact) mass is 331 g/mol. The van der Waals surface area contributed by atoms with Crippen molar-refractivity contribution in [2.24, 2.45) is 5.73 Å². The fourth-order valence-electron chi connectivity index (χ4n) is 2.36. The molecular weight excluding hydrogens is 306 g/mol. The topological polar surface area (TPSA) is 53.1 Å². The van der Waals surface area contributed by atoms with Gasteiger partial charge in [0.15, 0.2) is 0 Å². The van der Waals surface area contributed by atoms with Crippen LogP contribution in [0.4, 0.5) is 0 Å². The molecule has 0 radical (unpaired) electrons. The van der Waals surface area contributed by atoms with Gasteiger partial charge in [0.2, 0.25) is 0 Å². The molecule has 1 aromatic heterocycles. The van der Waals surface area contributed by atoms with Crippen LogP contribution in [0.25, 0.3) is 0 Å². The predicted molar refractivity (Wildman–Crippen MR) is 82.4 cm³/mol. The third-order valence-corrected chi connectivity index (χ3v) is 4.39. The smallest absolute Gasteiger partial charge is 0.0766 e. The lowest BCUT2D eigenvalue weighted by Crippen LogP contribution is -2.38. The van der Waals surface area contributed by atoms with E-state index in [9.17, 15) is 0 Å². The second-order valence-corrected chi connectivity index (χ2v) is 5.60. The zero-order valence-corrected chi connectivity index (χ0v) is 14.0. The van der Waals surface area contributed by atoms with Gasteiger partial charge in [0.25, 0.3) is 0 Å². The zero-order valence-electron chi connectivity index (χ0n) is 12.4. The summed E-state index contributed by atoms with van der Waals surface area (Å²) in [5.41, 5.74) is 8.59. The van der Waals surface area contributed by atoms with Crippen LogP contribution in [0.2, 0.25) is 0 Å². The van der Waals surface area contributed by atoms with E-state index < -0.39 is 0 Å². The minimum Gasteiger partial charge on any atom is -0.380 e. The average Bonchev–Trinajstić information content (AvgIpc) is 2.72. The molecule has 0 aliphatic rings. The van der Waals surface area contributed by atoms with Crippen LogP contribution in [0.15, 0.2) is 4.47 Å². The summed E-state index contributed by atoms with van der Waals surface area (Å²) in [4.78, 5) is 0. The quantitative estimate of drug-likeness (QED) is 0.796. The van der Waals surface area contributed by atoms with Gasteiger partial charge in [0.05, 0.1) is 22.0 Å². The van der Waals surface area contributed by atoms with E-state index >= 15 is 0 Å². The molecule has 0 amide bonds. The van der Waals surface area contributed by atoms with Crippen molar-refractivity contribution in [3.05, 3.63) is 15.9 Å². The van der Waals surface area contributed by atoms with E-state index in [2.05, 4.69) is 41.8 Å². The second kappa shape index (κ2) is 8.02. The van der Waals surface area contributed by atoms with Gasteiger partial charge in [0.1, 0.15) is 0 Å². The molecule has 19 heavy (non-hydrogen) atoms. The van der Waals surface area contributed by atoms with Gasteiger partial charge in [-0.15, -0.1) is 0 Å². The molecule has 2 unspecified atom stereocenters. The number of ether oxygens (including phenoxy) is 1. The Morgan fingerprint density at radius 3 is 2.53 bits per heavy atom. The molecular formula is C14H26BrN3O. The number of aryl methyl sites for hydroxylation is 2. The first-order chi connectivity index (χ1) is 9.08. The van der Waals surface area contributed by atoms with Crippen molar-refractivity contribution in [1.29, 1.82) is 0 Å². The summed E-state index contributed by atoms with van der Waals surface area (Å²) >= 11 is 3.66. The van der Waals surface area contributed by atoms with Crippen LogP contribution < -0.4 is 5.73 Å². The molecule has 1 aromatic rings. The standard InChI is InChI=1S/C14H26BrN3O/c1-5-8-13(19-4)10(16)9-12-14(15)11(6-2)17-18(12)7-3/h10,13H,5-9,16H2,1-4H3. The Morgan fingerprint density at radius 2 is 2.05 bits per heavy atom. The van der Waals surface area contributed by atoms with Crippen molar-refractivity contribution < 1.29 is 4.74 Å². The molecule has 0 saturated carbocycles. The first kappa shape index (κ1) is 16.7. The van der Waals surface area contributed by atoms with Gasteiger partial charge in [0, 0.05) is 26.1 Å². The van der Waals surface area contributed by atoms with Crippen LogP contribution in [0.1, 0.15) is 45.0 Å². The molecule has 0 bridgehead atoms. The first-order valence-corrected chi connectivity index (χ1v) is 7.90. The Balaban J connectivity index is 2.88.